The minimum atomic E-state index is -4.27. The van der Waals surface area contributed by atoms with Gasteiger partial charge in [-0.3, -0.25) is 0 Å². The lowest BCUT2D eigenvalue weighted by Crippen LogP contribution is -2.03. The zero-order valence-corrected chi connectivity index (χ0v) is 6.25. The summed E-state index contributed by atoms with van der Waals surface area (Å²) in [6, 6.07) is 0. The number of aromatic nitrogens is 1. The van der Waals surface area contributed by atoms with Gasteiger partial charge in [0.1, 0.15) is 0 Å². The molecule has 1 aromatic heterocycles. The molecule has 5 heteroatoms. The highest BCUT2D eigenvalue weighted by atomic mass is 79.9. The van der Waals surface area contributed by atoms with E-state index in [-0.39, 0.29) is 4.47 Å². The van der Waals surface area contributed by atoms with Gasteiger partial charge in [-0.2, -0.15) is 13.2 Å². The number of alkyl halides is 3. The van der Waals surface area contributed by atoms with Crippen LogP contribution in [0.1, 0.15) is 5.56 Å². The van der Waals surface area contributed by atoms with E-state index in [4.69, 9.17) is 0 Å². The molecular formula is C5H3BrF3N. The van der Waals surface area contributed by atoms with E-state index in [0.29, 0.717) is 0 Å². The van der Waals surface area contributed by atoms with E-state index in [1.54, 1.807) is 0 Å². The van der Waals surface area contributed by atoms with Crippen LogP contribution in [0.3, 0.4) is 0 Å². The molecule has 0 amide bonds. The van der Waals surface area contributed by atoms with Crippen LogP contribution in [0.5, 0.6) is 0 Å². The molecule has 56 valence electrons. The van der Waals surface area contributed by atoms with Gasteiger partial charge in [0.25, 0.3) is 0 Å². The second-order valence-corrected chi connectivity index (χ2v) is 2.57. The fraction of sp³-hybridized carbons (Fsp3) is 0.200. The molecule has 0 unspecified atom stereocenters. The Labute approximate surface area is 63.4 Å². The molecule has 0 aliphatic carbocycles. The first-order valence-electron chi connectivity index (χ1n) is 2.41. The van der Waals surface area contributed by atoms with Gasteiger partial charge >= 0.3 is 6.18 Å². The molecule has 1 aromatic rings. The molecular weight excluding hydrogens is 211 g/mol. The number of nitrogens with one attached hydrogen (secondary N) is 1. The first-order valence-corrected chi connectivity index (χ1v) is 3.20. The SMILES string of the molecule is FC(F)(F)c1c[nH]cc1Br. The Morgan fingerprint density at radius 3 is 2.10 bits per heavy atom. The van der Waals surface area contributed by atoms with Crippen LogP contribution < -0.4 is 0 Å². The topological polar surface area (TPSA) is 15.8 Å². The minimum absolute atomic E-state index is 0.0417. The third-order valence-corrected chi connectivity index (χ3v) is 1.66. The first-order chi connectivity index (χ1) is 4.52. The van der Waals surface area contributed by atoms with Crippen LogP contribution in [0.2, 0.25) is 0 Å². The van der Waals surface area contributed by atoms with E-state index in [2.05, 4.69) is 20.9 Å². The van der Waals surface area contributed by atoms with Crippen LogP contribution >= 0.6 is 15.9 Å². The van der Waals surface area contributed by atoms with Crippen molar-refractivity contribution >= 4 is 15.9 Å². The lowest BCUT2D eigenvalue weighted by atomic mass is 10.3. The van der Waals surface area contributed by atoms with Crippen molar-refractivity contribution in [3.63, 3.8) is 0 Å². The molecule has 0 aromatic carbocycles. The maximum Gasteiger partial charge on any atom is 0.418 e. The Morgan fingerprint density at radius 2 is 1.90 bits per heavy atom. The summed E-state index contributed by atoms with van der Waals surface area (Å²) in [7, 11) is 0. The van der Waals surface area contributed by atoms with Crippen LogP contribution in [-0.2, 0) is 6.18 Å². The molecule has 1 N–H and O–H groups in total. The predicted molar refractivity (Wildman–Crippen MR) is 33.5 cm³/mol. The van der Waals surface area contributed by atoms with Gasteiger partial charge in [-0.15, -0.1) is 0 Å². The van der Waals surface area contributed by atoms with Gasteiger partial charge in [-0.1, -0.05) is 0 Å². The van der Waals surface area contributed by atoms with Crippen molar-refractivity contribution in [3.8, 4) is 0 Å². The van der Waals surface area contributed by atoms with Crippen molar-refractivity contribution in [2.24, 2.45) is 0 Å². The van der Waals surface area contributed by atoms with E-state index in [1.165, 1.54) is 6.20 Å². The number of hydrogen-bond donors (Lipinski definition) is 1. The second kappa shape index (κ2) is 2.30. The normalized spacial score (nSPS) is 12.0. The Balaban J connectivity index is 3.05. The van der Waals surface area contributed by atoms with Gasteiger partial charge in [-0.25, -0.2) is 0 Å². The summed E-state index contributed by atoms with van der Waals surface area (Å²) < 4.78 is 35.5. The molecule has 1 rings (SSSR count). The van der Waals surface area contributed by atoms with E-state index in [9.17, 15) is 13.2 Å². The average molecular weight is 214 g/mol. The quantitative estimate of drug-likeness (QED) is 0.683. The number of H-pyrrole nitrogens is 1. The molecule has 1 heterocycles. The Bertz CT molecular complexity index is 227. The van der Waals surface area contributed by atoms with Crippen molar-refractivity contribution in [2.45, 2.75) is 6.18 Å². The average Bonchev–Trinajstić information content (AvgIpc) is 2.11. The molecule has 0 saturated heterocycles. The Hall–Kier alpha value is -0.450. The number of aromatic amines is 1. The standard InChI is InChI=1S/C5H3BrF3N/c6-4-2-10-1-3(4)5(7,8)9/h1-2,10H. The molecule has 0 aliphatic heterocycles. The zero-order chi connectivity index (χ0) is 7.78. The largest absolute Gasteiger partial charge is 0.418 e. The van der Waals surface area contributed by atoms with Gasteiger partial charge < -0.3 is 4.98 Å². The Kier molecular flexibility index (Phi) is 1.76. The Morgan fingerprint density at radius 1 is 1.30 bits per heavy atom. The highest BCUT2D eigenvalue weighted by Crippen LogP contribution is 2.34. The van der Waals surface area contributed by atoms with E-state index in [0.717, 1.165) is 6.20 Å². The van der Waals surface area contributed by atoms with Crippen molar-refractivity contribution in [3.05, 3.63) is 22.4 Å². The fourth-order valence-corrected chi connectivity index (χ4v) is 1.03. The maximum atomic E-state index is 11.8. The molecule has 0 saturated carbocycles. The summed E-state index contributed by atoms with van der Waals surface area (Å²) in [6.07, 6.45) is -2.12. The maximum absolute atomic E-state index is 11.8. The van der Waals surface area contributed by atoms with E-state index in [1.807, 2.05) is 0 Å². The summed E-state index contributed by atoms with van der Waals surface area (Å²) in [5, 5.41) is 0. The first kappa shape index (κ1) is 7.65. The zero-order valence-electron chi connectivity index (χ0n) is 4.67. The molecule has 0 spiro atoms. The summed E-state index contributed by atoms with van der Waals surface area (Å²) in [5.41, 5.74) is -0.674. The predicted octanol–water partition coefficient (Wildman–Crippen LogP) is 2.80. The van der Waals surface area contributed by atoms with E-state index < -0.39 is 11.7 Å². The number of hydrogen-bond acceptors (Lipinski definition) is 0. The molecule has 0 atom stereocenters. The molecule has 0 fully saturated rings. The van der Waals surface area contributed by atoms with Gasteiger partial charge in [0.05, 0.1) is 5.56 Å². The summed E-state index contributed by atoms with van der Waals surface area (Å²) in [4.78, 5) is 2.34. The van der Waals surface area contributed by atoms with Gasteiger partial charge in [0, 0.05) is 16.9 Å². The fourth-order valence-electron chi connectivity index (χ4n) is 0.562. The summed E-state index contributed by atoms with van der Waals surface area (Å²) in [5.74, 6) is 0. The van der Waals surface area contributed by atoms with Gasteiger partial charge in [-0.05, 0) is 15.9 Å². The molecule has 0 aliphatic rings. The van der Waals surface area contributed by atoms with Crippen molar-refractivity contribution in [1.82, 2.24) is 4.98 Å². The molecule has 1 nitrogen and oxygen atoms in total. The van der Waals surface area contributed by atoms with Gasteiger partial charge in [0.2, 0.25) is 0 Å². The summed E-state index contributed by atoms with van der Waals surface area (Å²) >= 11 is 2.75. The van der Waals surface area contributed by atoms with Crippen LogP contribution in [0, 0.1) is 0 Å². The molecule has 0 radical (unpaired) electrons. The van der Waals surface area contributed by atoms with Gasteiger partial charge in [0.15, 0.2) is 0 Å². The minimum Gasteiger partial charge on any atom is -0.366 e. The van der Waals surface area contributed by atoms with E-state index >= 15 is 0 Å². The summed E-state index contributed by atoms with van der Waals surface area (Å²) in [6.45, 7) is 0. The second-order valence-electron chi connectivity index (χ2n) is 1.71. The highest BCUT2D eigenvalue weighted by molar-refractivity contribution is 9.10. The number of rotatable bonds is 0. The van der Waals surface area contributed by atoms with Crippen molar-refractivity contribution in [2.75, 3.05) is 0 Å². The van der Waals surface area contributed by atoms with Crippen molar-refractivity contribution in [1.29, 1.82) is 0 Å². The number of halogens is 4. The van der Waals surface area contributed by atoms with Crippen LogP contribution in [-0.4, -0.2) is 4.98 Å². The lowest BCUT2D eigenvalue weighted by Gasteiger charge is -2.02. The monoisotopic (exact) mass is 213 g/mol. The molecule has 0 bridgehead atoms. The third-order valence-electron chi connectivity index (χ3n) is 1.00. The van der Waals surface area contributed by atoms with Crippen LogP contribution in [0.25, 0.3) is 0 Å². The van der Waals surface area contributed by atoms with Crippen LogP contribution in [0.4, 0.5) is 13.2 Å². The van der Waals surface area contributed by atoms with Crippen molar-refractivity contribution < 1.29 is 13.2 Å². The molecule has 10 heavy (non-hydrogen) atoms. The lowest BCUT2D eigenvalue weighted by molar-refractivity contribution is -0.138. The highest BCUT2D eigenvalue weighted by Gasteiger charge is 2.33. The van der Waals surface area contributed by atoms with Crippen LogP contribution in [0.15, 0.2) is 16.9 Å². The smallest absolute Gasteiger partial charge is 0.366 e. The third kappa shape index (κ3) is 1.34.